The van der Waals surface area contributed by atoms with E-state index in [2.05, 4.69) is 60.2 Å². The SMILES string of the molecule is CCc1ccc2c(c1O)N(CC1CCCN(C)C1)c1ccccc1S2. The van der Waals surface area contributed by atoms with Crippen molar-refractivity contribution in [2.45, 2.75) is 36.0 Å². The fourth-order valence-electron chi connectivity index (χ4n) is 4.11. The lowest BCUT2D eigenvalue weighted by molar-refractivity contribution is 0.213. The molecule has 3 nitrogen and oxygen atoms in total. The summed E-state index contributed by atoms with van der Waals surface area (Å²) < 4.78 is 0. The van der Waals surface area contributed by atoms with Crippen LogP contribution < -0.4 is 4.90 Å². The predicted molar refractivity (Wildman–Crippen MR) is 105 cm³/mol. The molecule has 2 aliphatic rings. The Bertz CT molecular complexity index is 776. The Kier molecular flexibility index (Phi) is 4.65. The lowest BCUT2D eigenvalue weighted by Crippen LogP contribution is -2.38. The van der Waals surface area contributed by atoms with E-state index in [1.165, 1.54) is 30.0 Å². The van der Waals surface area contributed by atoms with Gasteiger partial charge in [0.25, 0.3) is 0 Å². The number of phenolic OH excluding ortho intramolecular Hbond substituents is 1. The number of para-hydroxylation sites is 1. The molecule has 0 bridgehead atoms. The third-order valence-electron chi connectivity index (χ3n) is 5.39. The Labute approximate surface area is 154 Å². The van der Waals surface area contributed by atoms with Crippen LogP contribution in [-0.2, 0) is 6.42 Å². The number of phenols is 1. The van der Waals surface area contributed by atoms with Crippen molar-refractivity contribution in [1.29, 1.82) is 0 Å². The van der Waals surface area contributed by atoms with Gasteiger partial charge in [-0.25, -0.2) is 0 Å². The monoisotopic (exact) mass is 354 g/mol. The number of nitrogens with zero attached hydrogens (tertiary/aromatic N) is 2. The number of hydrogen-bond acceptors (Lipinski definition) is 4. The van der Waals surface area contributed by atoms with E-state index in [1.807, 2.05) is 0 Å². The van der Waals surface area contributed by atoms with Crippen molar-refractivity contribution in [3.63, 3.8) is 0 Å². The van der Waals surface area contributed by atoms with E-state index in [-0.39, 0.29) is 0 Å². The minimum Gasteiger partial charge on any atom is -0.505 e. The molecular formula is C21H26N2OS. The van der Waals surface area contributed by atoms with Gasteiger partial charge in [0.1, 0.15) is 5.75 Å². The van der Waals surface area contributed by atoms with Gasteiger partial charge in [-0.05, 0) is 62.5 Å². The van der Waals surface area contributed by atoms with E-state index in [1.54, 1.807) is 11.8 Å². The van der Waals surface area contributed by atoms with Crippen LogP contribution in [0.5, 0.6) is 5.75 Å². The first-order chi connectivity index (χ1) is 12.2. The summed E-state index contributed by atoms with van der Waals surface area (Å²) in [5.74, 6) is 1.10. The molecule has 0 radical (unpaired) electrons. The van der Waals surface area contributed by atoms with Gasteiger partial charge in [0, 0.05) is 22.9 Å². The van der Waals surface area contributed by atoms with Crippen LogP contribution in [0.15, 0.2) is 46.2 Å². The number of aryl methyl sites for hydroxylation is 1. The normalized spacial score (nSPS) is 20.2. The smallest absolute Gasteiger partial charge is 0.143 e. The van der Waals surface area contributed by atoms with Crippen LogP contribution in [0, 0.1) is 5.92 Å². The van der Waals surface area contributed by atoms with Crippen molar-refractivity contribution in [3.05, 3.63) is 42.0 Å². The molecule has 2 heterocycles. The fourth-order valence-corrected chi connectivity index (χ4v) is 5.21. The summed E-state index contributed by atoms with van der Waals surface area (Å²) in [5.41, 5.74) is 3.28. The van der Waals surface area contributed by atoms with Crippen LogP contribution in [0.3, 0.4) is 0 Å². The summed E-state index contributed by atoms with van der Waals surface area (Å²) in [6.07, 6.45) is 3.38. The zero-order valence-corrected chi connectivity index (χ0v) is 15.9. The van der Waals surface area contributed by atoms with Crippen molar-refractivity contribution >= 4 is 23.1 Å². The number of likely N-dealkylation sites (tertiary alicyclic amines) is 1. The molecule has 0 amide bonds. The lowest BCUT2D eigenvalue weighted by Gasteiger charge is -2.38. The number of piperidine rings is 1. The molecule has 4 rings (SSSR count). The Balaban J connectivity index is 1.76. The molecule has 1 fully saturated rings. The van der Waals surface area contributed by atoms with E-state index in [9.17, 15) is 5.11 Å². The van der Waals surface area contributed by atoms with E-state index in [0.717, 1.165) is 35.7 Å². The average Bonchev–Trinajstić information content (AvgIpc) is 2.62. The van der Waals surface area contributed by atoms with Gasteiger partial charge in [0.15, 0.2) is 0 Å². The molecule has 132 valence electrons. The molecule has 1 atom stereocenters. The van der Waals surface area contributed by atoms with Gasteiger partial charge in [-0.15, -0.1) is 0 Å². The number of hydrogen-bond donors (Lipinski definition) is 1. The molecule has 0 saturated carbocycles. The Morgan fingerprint density at radius 1 is 1.16 bits per heavy atom. The van der Waals surface area contributed by atoms with Gasteiger partial charge < -0.3 is 14.9 Å². The Hall–Kier alpha value is -1.65. The van der Waals surface area contributed by atoms with Crippen molar-refractivity contribution in [3.8, 4) is 5.75 Å². The zero-order valence-electron chi connectivity index (χ0n) is 15.0. The van der Waals surface area contributed by atoms with Gasteiger partial charge in [0.05, 0.1) is 11.4 Å². The number of benzene rings is 2. The molecule has 0 aromatic heterocycles. The van der Waals surface area contributed by atoms with Crippen molar-refractivity contribution in [2.75, 3.05) is 31.6 Å². The molecule has 1 saturated heterocycles. The van der Waals surface area contributed by atoms with Crippen LogP contribution in [0.4, 0.5) is 11.4 Å². The van der Waals surface area contributed by atoms with Crippen LogP contribution in [-0.4, -0.2) is 36.7 Å². The van der Waals surface area contributed by atoms with E-state index >= 15 is 0 Å². The number of fused-ring (bicyclic) bond motifs is 2. The molecule has 2 aliphatic heterocycles. The van der Waals surface area contributed by atoms with Gasteiger partial charge in [-0.2, -0.15) is 0 Å². The molecule has 0 aliphatic carbocycles. The summed E-state index contributed by atoms with van der Waals surface area (Å²) in [6, 6.07) is 12.8. The summed E-state index contributed by atoms with van der Waals surface area (Å²) in [6.45, 7) is 5.40. The van der Waals surface area contributed by atoms with E-state index in [4.69, 9.17) is 0 Å². The average molecular weight is 355 g/mol. The summed E-state index contributed by atoms with van der Waals surface area (Å²) in [4.78, 5) is 7.25. The summed E-state index contributed by atoms with van der Waals surface area (Å²) in [5, 5.41) is 10.9. The first-order valence-corrected chi connectivity index (χ1v) is 10.1. The predicted octanol–water partition coefficient (Wildman–Crippen LogP) is 4.90. The lowest BCUT2D eigenvalue weighted by atomic mass is 9.97. The van der Waals surface area contributed by atoms with Crippen LogP contribution in [0.1, 0.15) is 25.3 Å². The van der Waals surface area contributed by atoms with Crippen molar-refractivity contribution in [2.24, 2.45) is 5.92 Å². The first-order valence-electron chi connectivity index (χ1n) is 9.25. The van der Waals surface area contributed by atoms with Crippen LogP contribution in [0.25, 0.3) is 0 Å². The highest BCUT2D eigenvalue weighted by atomic mass is 32.2. The molecule has 0 spiro atoms. The van der Waals surface area contributed by atoms with Gasteiger partial charge in [0.2, 0.25) is 0 Å². The second kappa shape index (κ2) is 6.93. The third-order valence-corrected chi connectivity index (χ3v) is 6.50. The number of aromatic hydroxyl groups is 1. The van der Waals surface area contributed by atoms with Gasteiger partial charge in [-0.3, -0.25) is 0 Å². The minimum atomic E-state index is 0.464. The zero-order chi connectivity index (χ0) is 17.4. The van der Waals surface area contributed by atoms with Gasteiger partial charge in [-0.1, -0.05) is 36.9 Å². The maximum atomic E-state index is 10.9. The standard InChI is InChI=1S/C21H26N2OS/c1-3-16-10-11-19-20(21(16)24)23(14-15-7-6-12-22(2)13-15)17-8-4-5-9-18(17)25-19/h4-5,8-11,15,24H,3,6-7,12-14H2,1-2H3. The first kappa shape index (κ1) is 16.8. The molecule has 25 heavy (non-hydrogen) atoms. The molecule has 1 N–H and O–H groups in total. The highest BCUT2D eigenvalue weighted by molar-refractivity contribution is 7.99. The number of anilines is 2. The molecule has 2 aromatic carbocycles. The highest BCUT2D eigenvalue weighted by Gasteiger charge is 2.30. The molecule has 1 unspecified atom stereocenters. The van der Waals surface area contributed by atoms with Crippen LogP contribution >= 0.6 is 11.8 Å². The third kappa shape index (κ3) is 3.13. The van der Waals surface area contributed by atoms with E-state index in [0.29, 0.717) is 11.7 Å². The van der Waals surface area contributed by atoms with Crippen LogP contribution in [0.2, 0.25) is 0 Å². The Morgan fingerprint density at radius 2 is 2.00 bits per heavy atom. The van der Waals surface area contributed by atoms with Crippen molar-refractivity contribution < 1.29 is 5.11 Å². The molecular weight excluding hydrogens is 328 g/mol. The second-order valence-electron chi connectivity index (χ2n) is 7.22. The largest absolute Gasteiger partial charge is 0.505 e. The maximum Gasteiger partial charge on any atom is 0.143 e. The summed E-state index contributed by atoms with van der Waals surface area (Å²) in [7, 11) is 2.22. The quantitative estimate of drug-likeness (QED) is 0.848. The molecule has 4 heteroatoms. The highest BCUT2D eigenvalue weighted by Crippen LogP contribution is 2.52. The van der Waals surface area contributed by atoms with Gasteiger partial charge >= 0.3 is 0 Å². The molecule has 2 aromatic rings. The summed E-state index contributed by atoms with van der Waals surface area (Å²) >= 11 is 1.77. The fraction of sp³-hybridized carbons (Fsp3) is 0.429. The van der Waals surface area contributed by atoms with E-state index < -0.39 is 0 Å². The topological polar surface area (TPSA) is 26.7 Å². The second-order valence-corrected chi connectivity index (χ2v) is 8.31. The Morgan fingerprint density at radius 3 is 2.80 bits per heavy atom. The number of rotatable bonds is 3. The maximum absolute atomic E-state index is 10.9. The minimum absolute atomic E-state index is 0.464. The van der Waals surface area contributed by atoms with Crippen molar-refractivity contribution in [1.82, 2.24) is 4.90 Å².